The lowest BCUT2D eigenvalue weighted by molar-refractivity contribution is 0.983. The molecule has 0 heterocycles. The molecule has 0 fully saturated rings. The van der Waals surface area contributed by atoms with Gasteiger partial charge in [0.1, 0.15) is 0 Å². The fourth-order valence-corrected chi connectivity index (χ4v) is 0.399. The van der Waals surface area contributed by atoms with Crippen molar-refractivity contribution in [3.63, 3.8) is 0 Å². The zero-order chi connectivity index (χ0) is 7.66. The lowest BCUT2D eigenvalue weighted by atomic mass is 10.3. The number of unbranched alkanes of at least 4 members (excludes halogenated alkanes) is 1. The van der Waals surface area contributed by atoms with E-state index >= 15 is 0 Å². The normalized spacial score (nSPS) is 6.50. The molecule has 0 aliphatic rings. The van der Waals surface area contributed by atoms with E-state index < -0.39 is 0 Å². The average molecular weight is 132 g/mol. The summed E-state index contributed by atoms with van der Waals surface area (Å²) in [5.41, 5.74) is 0. The van der Waals surface area contributed by atoms with Crippen molar-refractivity contribution in [3.8, 4) is 23.7 Å². The van der Waals surface area contributed by atoms with Crippen LogP contribution in [0.2, 0.25) is 0 Å². The molecule has 0 spiro atoms. The van der Waals surface area contributed by atoms with Crippen molar-refractivity contribution in [3.05, 3.63) is 12.7 Å². The third-order valence-electron chi connectivity index (χ3n) is 0.861. The van der Waals surface area contributed by atoms with Crippen molar-refractivity contribution in [1.82, 2.24) is 0 Å². The van der Waals surface area contributed by atoms with Crippen molar-refractivity contribution in [1.29, 1.82) is 0 Å². The van der Waals surface area contributed by atoms with Gasteiger partial charge < -0.3 is 0 Å². The second-order valence-electron chi connectivity index (χ2n) is 1.85. The largest absolute Gasteiger partial charge is 0.102 e. The van der Waals surface area contributed by atoms with Crippen LogP contribution >= 0.6 is 0 Å². The van der Waals surface area contributed by atoms with Gasteiger partial charge in [0.25, 0.3) is 0 Å². The Morgan fingerprint density at radius 2 is 2.00 bits per heavy atom. The topological polar surface area (TPSA) is 0 Å². The molecule has 0 aromatic rings. The molecule has 0 rings (SSSR count). The summed E-state index contributed by atoms with van der Waals surface area (Å²) in [5.74, 6) is 11.3. The van der Waals surface area contributed by atoms with Gasteiger partial charge in [0, 0.05) is 12.8 Å². The molecule has 0 aromatic carbocycles. The molecule has 0 amide bonds. The first-order valence-electron chi connectivity index (χ1n) is 3.48. The van der Waals surface area contributed by atoms with Gasteiger partial charge in [0.15, 0.2) is 0 Å². The van der Waals surface area contributed by atoms with E-state index in [0.29, 0.717) is 0 Å². The highest BCUT2D eigenvalue weighted by Crippen LogP contribution is 1.80. The van der Waals surface area contributed by atoms with Crippen LogP contribution in [0.4, 0.5) is 0 Å². The Bertz CT molecular complexity index is 190. The molecule has 0 atom stereocenters. The molecule has 10 heavy (non-hydrogen) atoms. The second kappa shape index (κ2) is 7.86. The third kappa shape index (κ3) is 6.86. The van der Waals surface area contributed by atoms with Gasteiger partial charge in [-0.2, -0.15) is 0 Å². The lowest BCUT2D eigenvalue weighted by Crippen LogP contribution is -1.60. The van der Waals surface area contributed by atoms with Crippen molar-refractivity contribution in [2.45, 2.75) is 26.2 Å². The summed E-state index contributed by atoms with van der Waals surface area (Å²) in [5, 5.41) is 0. The summed E-state index contributed by atoms with van der Waals surface area (Å²) in [6, 6.07) is 0. The van der Waals surface area contributed by atoms with Crippen LogP contribution in [-0.4, -0.2) is 0 Å². The van der Waals surface area contributed by atoms with Gasteiger partial charge >= 0.3 is 0 Å². The van der Waals surface area contributed by atoms with Gasteiger partial charge in [0.2, 0.25) is 0 Å². The van der Waals surface area contributed by atoms with Gasteiger partial charge in [-0.05, 0) is 18.3 Å². The molecule has 0 aliphatic heterocycles. The van der Waals surface area contributed by atoms with E-state index in [9.17, 15) is 0 Å². The molecule has 0 unspecified atom stereocenters. The van der Waals surface area contributed by atoms with Crippen LogP contribution in [0.5, 0.6) is 0 Å². The van der Waals surface area contributed by atoms with Gasteiger partial charge in [-0.25, -0.2) is 0 Å². The molecule has 0 aromatic heterocycles. The molecule has 0 nitrogen and oxygen atoms in total. The van der Waals surface area contributed by atoms with Crippen LogP contribution < -0.4 is 0 Å². The zero-order valence-corrected chi connectivity index (χ0v) is 6.41. The minimum Gasteiger partial charge on any atom is -0.102 e. The van der Waals surface area contributed by atoms with E-state index in [1.54, 1.807) is 6.08 Å². The standard InChI is InChI=1S/C10H12/c1-3-5-7-9-10-8-6-4-2/h3H,1,4-6H2,2H3. The second-order valence-corrected chi connectivity index (χ2v) is 1.85. The van der Waals surface area contributed by atoms with Crippen LogP contribution in [0.15, 0.2) is 12.7 Å². The first-order valence-corrected chi connectivity index (χ1v) is 3.48. The fraction of sp³-hybridized carbons (Fsp3) is 0.400. The average Bonchev–Trinajstić information content (AvgIpc) is 1.97. The predicted molar refractivity (Wildman–Crippen MR) is 45.3 cm³/mol. The van der Waals surface area contributed by atoms with Crippen LogP contribution in [0.3, 0.4) is 0 Å². The predicted octanol–water partition coefficient (Wildman–Crippen LogP) is 2.37. The van der Waals surface area contributed by atoms with E-state index in [4.69, 9.17) is 0 Å². The first-order chi connectivity index (χ1) is 4.91. The maximum atomic E-state index is 3.54. The van der Waals surface area contributed by atoms with E-state index in [0.717, 1.165) is 19.3 Å². The Labute approximate surface area is 63.3 Å². The number of hydrogen-bond donors (Lipinski definition) is 0. The maximum Gasteiger partial charge on any atom is 0.0277 e. The number of allylic oxidation sites excluding steroid dienone is 1. The Morgan fingerprint density at radius 1 is 1.30 bits per heavy atom. The van der Waals surface area contributed by atoms with Crippen LogP contribution in [-0.2, 0) is 0 Å². The SMILES string of the molecule is C=CCC#CC#CCCC. The first kappa shape index (κ1) is 8.86. The molecule has 0 radical (unpaired) electrons. The molecule has 0 saturated carbocycles. The Hall–Kier alpha value is -1.14. The Kier molecular flexibility index (Phi) is 6.96. The Morgan fingerprint density at radius 3 is 2.60 bits per heavy atom. The number of hydrogen-bond acceptors (Lipinski definition) is 0. The van der Waals surface area contributed by atoms with Gasteiger partial charge in [-0.15, -0.1) is 6.58 Å². The molecular formula is C10H12. The third-order valence-corrected chi connectivity index (χ3v) is 0.861. The zero-order valence-electron chi connectivity index (χ0n) is 6.41. The highest BCUT2D eigenvalue weighted by molar-refractivity contribution is 5.26. The number of rotatable bonds is 2. The van der Waals surface area contributed by atoms with Crippen LogP contribution in [0, 0.1) is 23.7 Å². The molecule has 0 aliphatic carbocycles. The Balaban J connectivity index is 3.45. The van der Waals surface area contributed by atoms with E-state index in [-0.39, 0.29) is 0 Å². The van der Waals surface area contributed by atoms with Crippen molar-refractivity contribution >= 4 is 0 Å². The smallest absolute Gasteiger partial charge is 0.0277 e. The lowest BCUT2D eigenvalue weighted by Gasteiger charge is -1.72. The fourth-order valence-electron chi connectivity index (χ4n) is 0.399. The summed E-state index contributed by atoms with van der Waals surface area (Å²) in [7, 11) is 0. The van der Waals surface area contributed by atoms with Crippen molar-refractivity contribution < 1.29 is 0 Å². The van der Waals surface area contributed by atoms with E-state index in [1.165, 1.54) is 0 Å². The summed E-state index contributed by atoms with van der Waals surface area (Å²) in [4.78, 5) is 0. The highest BCUT2D eigenvalue weighted by atomic mass is 13.7. The summed E-state index contributed by atoms with van der Waals surface area (Å²) < 4.78 is 0. The van der Waals surface area contributed by atoms with Crippen molar-refractivity contribution in [2.24, 2.45) is 0 Å². The molecule has 0 saturated heterocycles. The molecule has 0 heteroatoms. The monoisotopic (exact) mass is 132 g/mol. The van der Waals surface area contributed by atoms with E-state index in [2.05, 4.69) is 37.2 Å². The van der Waals surface area contributed by atoms with Gasteiger partial charge in [0.05, 0.1) is 0 Å². The summed E-state index contributed by atoms with van der Waals surface area (Å²) in [6.07, 6.45) is 4.56. The van der Waals surface area contributed by atoms with Crippen LogP contribution in [0.25, 0.3) is 0 Å². The van der Waals surface area contributed by atoms with E-state index in [1.807, 2.05) is 0 Å². The molecule has 0 N–H and O–H groups in total. The molecular weight excluding hydrogens is 120 g/mol. The minimum absolute atomic E-state index is 0.737. The molecule has 52 valence electrons. The highest BCUT2D eigenvalue weighted by Gasteiger charge is 1.66. The van der Waals surface area contributed by atoms with Crippen molar-refractivity contribution in [2.75, 3.05) is 0 Å². The van der Waals surface area contributed by atoms with Gasteiger partial charge in [-0.3, -0.25) is 0 Å². The summed E-state index contributed by atoms with van der Waals surface area (Å²) in [6.45, 7) is 5.65. The quantitative estimate of drug-likeness (QED) is 0.399. The molecule has 0 bridgehead atoms. The van der Waals surface area contributed by atoms with Crippen LogP contribution in [0.1, 0.15) is 26.2 Å². The van der Waals surface area contributed by atoms with Gasteiger partial charge in [-0.1, -0.05) is 24.8 Å². The minimum atomic E-state index is 0.737. The maximum absolute atomic E-state index is 3.54. The summed E-state index contributed by atoms with van der Waals surface area (Å²) >= 11 is 0.